The molecule has 2 heterocycles. The molecule has 12 heteroatoms. The van der Waals surface area contributed by atoms with Gasteiger partial charge in [-0.25, -0.2) is 9.86 Å². The van der Waals surface area contributed by atoms with Crippen LogP contribution in [0.25, 0.3) is 0 Å². The summed E-state index contributed by atoms with van der Waals surface area (Å²) in [6.07, 6.45) is 3.68. The number of carbonyl (C=O) groups is 3. The first kappa shape index (κ1) is 29.7. The Morgan fingerprint density at radius 3 is 1.90 bits per heavy atom. The van der Waals surface area contributed by atoms with E-state index >= 15 is 0 Å². The summed E-state index contributed by atoms with van der Waals surface area (Å²) in [5, 5.41) is 9.12. The number of amides is 1. The van der Waals surface area contributed by atoms with Gasteiger partial charge < -0.3 is 13.8 Å². The monoisotopic (exact) mass is 442 g/mol. The molecule has 0 atom stereocenters. The van der Waals surface area contributed by atoms with Gasteiger partial charge in [-0.2, -0.15) is 0 Å². The summed E-state index contributed by atoms with van der Waals surface area (Å²) in [7, 11) is 5.75. The second-order valence-electron chi connectivity index (χ2n) is 5.05. The smallest absolute Gasteiger partial charge is 0.357 e. The number of hydrogen-bond donors (Lipinski definition) is 0. The van der Waals surface area contributed by atoms with E-state index in [1.807, 2.05) is 0 Å². The number of rotatable bonds is 8. The van der Waals surface area contributed by atoms with Gasteiger partial charge in [0.25, 0.3) is 5.91 Å². The molecule has 174 valence electrons. The van der Waals surface area contributed by atoms with Crippen LogP contribution in [0, 0.1) is 0 Å². The number of ketones is 1. The van der Waals surface area contributed by atoms with Gasteiger partial charge in [-0.05, 0) is 6.92 Å². The van der Waals surface area contributed by atoms with Crippen LogP contribution in [0.1, 0.15) is 42.8 Å². The van der Waals surface area contributed by atoms with Gasteiger partial charge in [-0.3, -0.25) is 24.3 Å². The summed E-state index contributed by atoms with van der Waals surface area (Å²) >= 11 is 0. The second kappa shape index (κ2) is 15.3. The zero-order chi connectivity index (χ0) is 21.8. The van der Waals surface area contributed by atoms with Crippen LogP contribution in [0.3, 0.4) is 0 Å². The van der Waals surface area contributed by atoms with E-state index in [1.54, 1.807) is 6.92 Å². The third-order valence-electron chi connectivity index (χ3n) is 3.27. The molecule has 0 unspecified atom stereocenters. The standard InChI is InChI=1S/C11H14N2O5.C6H8N2O3.2CH4/c1-4-17-11(15)9(13(2)16-3)7-10(14)8-5-6-18-12-8;1-8(10-2)6(9)5-3-4-11-7-5;;/h5-7H,4H2,1-3H3;3-4H,1-2H3;2*1H4. The summed E-state index contributed by atoms with van der Waals surface area (Å²) in [5.41, 5.74) is 0.308. The fourth-order valence-electron chi connectivity index (χ4n) is 1.69. The first-order valence-electron chi connectivity index (χ1n) is 8.19. The molecule has 0 spiro atoms. The van der Waals surface area contributed by atoms with E-state index in [4.69, 9.17) is 9.57 Å². The predicted octanol–water partition coefficient (Wildman–Crippen LogP) is 2.38. The van der Waals surface area contributed by atoms with Gasteiger partial charge in [0.15, 0.2) is 17.1 Å². The van der Waals surface area contributed by atoms with Crippen LogP contribution in [-0.2, 0) is 19.2 Å². The molecule has 0 fully saturated rings. The fourth-order valence-corrected chi connectivity index (χ4v) is 1.69. The van der Waals surface area contributed by atoms with Crippen molar-refractivity contribution in [2.24, 2.45) is 0 Å². The van der Waals surface area contributed by atoms with E-state index in [1.165, 1.54) is 53.0 Å². The largest absolute Gasteiger partial charge is 0.461 e. The van der Waals surface area contributed by atoms with Crippen LogP contribution in [0.15, 0.2) is 45.5 Å². The van der Waals surface area contributed by atoms with Crippen LogP contribution in [-0.4, -0.2) is 73.0 Å². The molecular weight excluding hydrogens is 412 g/mol. The Morgan fingerprint density at radius 1 is 0.968 bits per heavy atom. The van der Waals surface area contributed by atoms with Crippen molar-refractivity contribution in [2.45, 2.75) is 21.8 Å². The molecule has 2 aromatic heterocycles. The van der Waals surface area contributed by atoms with E-state index in [0.29, 0.717) is 0 Å². The Balaban J connectivity index is 0. The van der Waals surface area contributed by atoms with Crippen molar-refractivity contribution in [2.75, 3.05) is 34.9 Å². The molecule has 1 amide bonds. The summed E-state index contributed by atoms with van der Waals surface area (Å²) in [4.78, 5) is 44.0. The molecule has 31 heavy (non-hydrogen) atoms. The number of likely N-dealkylation sites (N-methyl/N-ethyl adjacent to an activating group) is 1. The Kier molecular flexibility index (Phi) is 14.7. The lowest BCUT2D eigenvalue weighted by Crippen LogP contribution is -2.25. The maximum atomic E-state index is 11.8. The van der Waals surface area contributed by atoms with Gasteiger partial charge >= 0.3 is 5.97 Å². The Bertz CT molecular complexity index is 803. The van der Waals surface area contributed by atoms with Crippen molar-refractivity contribution in [1.82, 2.24) is 20.4 Å². The Hall–Kier alpha value is -3.51. The van der Waals surface area contributed by atoms with Crippen molar-refractivity contribution >= 4 is 17.7 Å². The van der Waals surface area contributed by atoms with Crippen LogP contribution >= 0.6 is 0 Å². The maximum Gasteiger partial charge on any atom is 0.357 e. The summed E-state index contributed by atoms with van der Waals surface area (Å²) < 4.78 is 13.8. The quantitative estimate of drug-likeness (QED) is 0.258. The number of nitrogens with zero attached hydrogens (tertiary/aromatic N) is 4. The van der Waals surface area contributed by atoms with E-state index in [-0.39, 0.29) is 44.5 Å². The van der Waals surface area contributed by atoms with Gasteiger partial charge in [-0.1, -0.05) is 25.2 Å². The molecule has 0 N–H and O–H groups in total. The molecule has 0 aliphatic carbocycles. The summed E-state index contributed by atoms with van der Waals surface area (Å²) in [5.74, 6) is -1.46. The minimum atomic E-state index is -0.654. The van der Waals surface area contributed by atoms with Crippen molar-refractivity contribution < 1.29 is 37.8 Å². The van der Waals surface area contributed by atoms with Gasteiger partial charge in [-0.15, -0.1) is 0 Å². The number of carbonyl (C=O) groups excluding carboxylic acids is 3. The highest BCUT2D eigenvalue weighted by molar-refractivity contribution is 6.07. The van der Waals surface area contributed by atoms with Gasteiger partial charge in [0.1, 0.15) is 12.5 Å². The van der Waals surface area contributed by atoms with E-state index in [2.05, 4.69) is 24.2 Å². The average molecular weight is 442 g/mol. The molecule has 0 aromatic carbocycles. The molecule has 0 saturated carbocycles. The second-order valence-corrected chi connectivity index (χ2v) is 5.05. The third-order valence-corrected chi connectivity index (χ3v) is 3.27. The number of allylic oxidation sites excluding steroid dienone is 1. The van der Waals surface area contributed by atoms with E-state index in [9.17, 15) is 14.4 Å². The molecule has 0 bridgehead atoms. The highest BCUT2D eigenvalue weighted by Gasteiger charge is 2.19. The molecule has 0 aliphatic heterocycles. The molecular formula is C19H30N4O8. The lowest BCUT2D eigenvalue weighted by molar-refractivity contribution is -0.149. The first-order chi connectivity index (χ1) is 13.8. The number of esters is 1. The molecule has 12 nitrogen and oxygen atoms in total. The van der Waals surface area contributed by atoms with Crippen molar-refractivity contribution in [3.63, 3.8) is 0 Å². The summed E-state index contributed by atoms with van der Waals surface area (Å²) in [6.45, 7) is 1.87. The predicted molar refractivity (Wildman–Crippen MR) is 109 cm³/mol. The zero-order valence-electron chi connectivity index (χ0n) is 16.6. The Morgan fingerprint density at radius 2 is 1.48 bits per heavy atom. The number of hydroxylamine groups is 4. The average Bonchev–Trinajstić information content (AvgIpc) is 3.44. The van der Waals surface area contributed by atoms with Crippen LogP contribution in [0.5, 0.6) is 0 Å². The van der Waals surface area contributed by atoms with Crippen LogP contribution < -0.4 is 0 Å². The van der Waals surface area contributed by atoms with Crippen LogP contribution in [0.2, 0.25) is 0 Å². The maximum absolute atomic E-state index is 11.8. The number of aromatic nitrogens is 2. The number of hydrogen-bond acceptors (Lipinski definition) is 11. The number of ether oxygens (including phenoxy) is 1. The molecule has 2 aromatic rings. The first-order valence-corrected chi connectivity index (χ1v) is 8.19. The minimum absolute atomic E-state index is 0. The van der Waals surface area contributed by atoms with E-state index < -0.39 is 11.8 Å². The normalized spacial score (nSPS) is 9.90. The minimum Gasteiger partial charge on any atom is -0.461 e. The van der Waals surface area contributed by atoms with Gasteiger partial charge in [0.05, 0.1) is 20.8 Å². The highest BCUT2D eigenvalue weighted by atomic mass is 16.7. The molecule has 2 rings (SSSR count). The SMILES string of the molecule is C.C.CCOC(=O)C(=CC(=O)c1ccon1)N(C)OC.CON(C)C(=O)c1ccon1. The third kappa shape index (κ3) is 9.23. The van der Waals surface area contributed by atoms with Crippen molar-refractivity contribution in [3.05, 3.63) is 47.8 Å². The van der Waals surface area contributed by atoms with Crippen LogP contribution in [0.4, 0.5) is 0 Å². The fraction of sp³-hybridized carbons (Fsp3) is 0.421. The van der Waals surface area contributed by atoms with Gasteiger partial charge in [0, 0.05) is 32.3 Å². The Labute approximate surface area is 181 Å². The molecule has 0 saturated heterocycles. The lowest BCUT2D eigenvalue weighted by atomic mass is 10.2. The van der Waals surface area contributed by atoms with Crippen molar-refractivity contribution in [3.8, 4) is 0 Å². The highest BCUT2D eigenvalue weighted by Crippen LogP contribution is 2.08. The van der Waals surface area contributed by atoms with E-state index in [0.717, 1.165) is 16.2 Å². The molecule has 0 radical (unpaired) electrons. The van der Waals surface area contributed by atoms with Gasteiger partial charge in [0.2, 0.25) is 5.78 Å². The lowest BCUT2D eigenvalue weighted by Gasteiger charge is -2.17. The topological polar surface area (TPSA) is 137 Å². The van der Waals surface area contributed by atoms with Crippen molar-refractivity contribution in [1.29, 1.82) is 0 Å². The summed E-state index contributed by atoms with van der Waals surface area (Å²) in [6, 6.07) is 2.87. The zero-order valence-corrected chi connectivity index (χ0v) is 16.6. The molecule has 0 aliphatic rings.